The fourth-order valence-corrected chi connectivity index (χ4v) is 0.483. The number of halogens is 1. The summed E-state index contributed by atoms with van der Waals surface area (Å²) in [6.07, 6.45) is 0. The lowest BCUT2D eigenvalue weighted by Crippen LogP contribution is -1.83. The van der Waals surface area contributed by atoms with Gasteiger partial charge in [0.2, 0.25) is 0 Å². The standard InChI is InChI=1S/C5H5ClN2.C2H6/c1-4-2-3-5(6)8-7-4;1-2/h2-3H,1H3;1-2H3. The van der Waals surface area contributed by atoms with Gasteiger partial charge < -0.3 is 0 Å². The van der Waals surface area contributed by atoms with Crippen molar-refractivity contribution in [1.29, 1.82) is 0 Å². The molecule has 0 radical (unpaired) electrons. The number of hydrogen-bond acceptors (Lipinski definition) is 2. The van der Waals surface area contributed by atoms with Crippen molar-refractivity contribution in [2.24, 2.45) is 0 Å². The van der Waals surface area contributed by atoms with E-state index in [9.17, 15) is 0 Å². The lowest BCUT2D eigenvalue weighted by molar-refractivity contribution is 0.981. The molecule has 0 bridgehead atoms. The topological polar surface area (TPSA) is 25.8 Å². The Bertz CT molecular complexity index is 150. The zero-order valence-corrected chi connectivity index (χ0v) is 7.18. The van der Waals surface area contributed by atoms with Crippen LogP contribution in [-0.2, 0) is 0 Å². The van der Waals surface area contributed by atoms with E-state index in [0.29, 0.717) is 5.15 Å². The van der Waals surface area contributed by atoms with E-state index < -0.39 is 0 Å². The molecule has 3 heteroatoms. The predicted molar refractivity (Wildman–Crippen MR) is 43.1 cm³/mol. The normalized spacial score (nSPS) is 8.00. The highest BCUT2D eigenvalue weighted by Gasteiger charge is 1.85. The number of nitrogens with zero attached hydrogens (tertiary/aromatic N) is 2. The predicted octanol–water partition coefficient (Wildman–Crippen LogP) is 2.46. The molecule has 1 aromatic heterocycles. The number of rotatable bonds is 0. The summed E-state index contributed by atoms with van der Waals surface area (Å²) in [5.74, 6) is 0. The van der Waals surface area contributed by atoms with Crippen LogP contribution in [0.4, 0.5) is 0 Å². The van der Waals surface area contributed by atoms with Crippen LogP contribution in [0.2, 0.25) is 5.15 Å². The molecule has 0 unspecified atom stereocenters. The van der Waals surface area contributed by atoms with Crippen LogP contribution in [0.1, 0.15) is 19.5 Å². The van der Waals surface area contributed by atoms with Gasteiger partial charge >= 0.3 is 0 Å². The third-order valence-electron chi connectivity index (χ3n) is 0.765. The first-order valence-corrected chi connectivity index (χ1v) is 3.62. The zero-order chi connectivity index (χ0) is 7.98. The second kappa shape index (κ2) is 5.18. The molecule has 56 valence electrons. The molecule has 0 N–H and O–H groups in total. The first-order chi connectivity index (χ1) is 4.79. The molecule has 0 saturated carbocycles. The van der Waals surface area contributed by atoms with Gasteiger partial charge in [0, 0.05) is 0 Å². The van der Waals surface area contributed by atoms with Crippen LogP contribution in [0.5, 0.6) is 0 Å². The van der Waals surface area contributed by atoms with Crippen LogP contribution in [0, 0.1) is 6.92 Å². The van der Waals surface area contributed by atoms with Crippen LogP contribution in [0.15, 0.2) is 12.1 Å². The van der Waals surface area contributed by atoms with Crippen LogP contribution in [0.25, 0.3) is 0 Å². The average molecular weight is 159 g/mol. The van der Waals surface area contributed by atoms with E-state index in [2.05, 4.69) is 10.2 Å². The first kappa shape index (κ1) is 9.37. The smallest absolute Gasteiger partial charge is 0.151 e. The molecule has 1 rings (SSSR count). The SMILES string of the molecule is CC.Cc1ccc(Cl)nn1. The lowest BCUT2D eigenvalue weighted by atomic mass is 10.4. The molecule has 2 nitrogen and oxygen atoms in total. The average Bonchev–Trinajstić information content (AvgIpc) is 2.00. The molecule has 0 saturated heterocycles. The number of aryl methyl sites for hydroxylation is 1. The first-order valence-electron chi connectivity index (χ1n) is 3.25. The molecule has 1 aromatic rings. The van der Waals surface area contributed by atoms with Gasteiger partial charge in [-0.1, -0.05) is 25.4 Å². The minimum Gasteiger partial charge on any atom is -0.154 e. The van der Waals surface area contributed by atoms with Crippen molar-refractivity contribution < 1.29 is 0 Å². The lowest BCUT2D eigenvalue weighted by Gasteiger charge is -1.85. The molecule has 0 aromatic carbocycles. The van der Waals surface area contributed by atoms with E-state index in [0.717, 1.165) is 5.69 Å². The van der Waals surface area contributed by atoms with Gasteiger partial charge in [0.25, 0.3) is 0 Å². The second-order valence-corrected chi connectivity index (χ2v) is 1.88. The third-order valence-corrected chi connectivity index (χ3v) is 0.967. The fourth-order valence-electron chi connectivity index (χ4n) is 0.383. The van der Waals surface area contributed by atoms with Gasteiger partial charge in [-0.15, -0.1) is 5.10 Å². The molecule has 0 spiro atoms. The molecule has 0 fully saturated rings. The monoisotopic (exact) mass is 158 g/mol. The fraction of sp³-hybridized carbons (Fsp3) is 0.429. The minimum atomic E-state index is 0.440. The molecular weight excluding hydrogens is 148 g/mol. The summed E-state index contributed by atoms with van der Waals surface area (Å²) in [6.45, 7) is 5.86. The molecule has 0 aliphatic rings. The van der Waals surface area contributed by atoms with Gasteiger partial charge in [0.05, 0.1) is 5.69 Å². The van der Waals surface area contributed by atoms with Crippen molar-refractivity contribution in [3.8, 4) is 0 Å². The van der Waals surface area contributed by atoms with E-state index in [4.69, 9.17) is 11.6 Å². The minimum absolute atomic E-state index is 0.440. The maximum absolute atomic E-state index is 5.44. The largest absolute Gasteiger partial charge is 0.154 e. The summed E-state index contributed by atoms with van der Waals surface area (Å²) < 4.78 is 0. The highest BCUT2D eigenvalue weighted by molar-refractivity contribution is 6.29. The van der Waals surface area contributed by atoms with Gasteiger partial charge in [0.1, 0.15) is 0 Å². The summed E-state index contributed by atoms with van der Waals surface area (Å²) in [4.78, 5) is 0. The van der Waals surface area contributed by atoms with Crippen molar-refractivity contribution in [3.05, 3.63) is 23.0 Å². The summed E-state index contributed by atoms with van der Waals surface area (Å²) in [7, 11) is 0. The summed E-state index contributed by atoms with van der Waals surface area (Å²) in [6, 6.07) is 3.53. The van der Waals surface area contributed by atoms with E-state index in [1.807, 2.05) is 26.8 Å². The summed E-state index contributed by atoms with van der Waals surface area (Å²) in [5, 5.41) is 7.73. The van der Waals surface area contributed by atoms with Crippen LogP contribution < -0.4 is 0 Å². The van der Waals surface area contributed by atoms with Crippen LogP contribution >= 0.6 is 11.6 Å². The Labute approximate surface area is 66.2 Å². The van der Waals surface area contributed by atoms with E-state index >= 15 is 0 Å². The summed E-state index contributed by atoms with van der Waals surface area (Å²) >= 11 is 5.44. The van der Waals surface area contributed by atoms with Crippen molar-refractivity contribution in [1.82, 2.24) is 10.2 Å². The summed E-state index contributed by atoms with van der Waals surface area (Å²) in [5.41, 5.74) is 0.884. The second-order valence-electron chi connectivity index (χ2n) is 1.50. The zero-order valence-electron chi connectivity index (χ0n) is 6.43. The van der Waals surface area contributed by atoms with Gasteiger partial charge in [0.15, 0.2) is 5.15 Å². The molecule has 0 aliphatic heterocycles. The van der Waals surface area contributed by atoms with Crippen molar-refractivity contribution in [2.45, 2.75) is 20.8 Å². The molecular formula is C7H11ClN2. The maximum Gasteiger partial charge on any atom is 0.151 e. The van der Waals surface area contributed by atoms with E-state index in [1.54, 1.807) is 6.07 Å². The molecule has 0 aliphatic carbocycles. The Morgan fingerprint density at radius 1 is 1.20 bits per heavy atom. The van der Waals surface area contributed by atoms with Gasteiger partial charge in [-0.25, -0.2) is 0 Å². The molecule has 1 heterocycles. The quantitative estimate of drug-likeness (QED) is 0.580. The number of hydrogen-bond donors (Lipinski definition) is 0. The highest BCUT2D eigenvalue weighted by atomic mass is 35.5. The van der Waals surface area contributed by atoms with Crippen molar-refractivity contribution >= 4 is 11.6 Å². The Morgan fingerprint density at radius 2 is 1.80 bits per heavy atom. The molecule has 0 amide bonds. The maximum atomic E-state index is 5.44. The van der Waals surface area contributed by atoms with Crippen molar-refractivity contribution in [2.75, 3.05) is 0 Å². The Morgan fingerprint density at radius 3 is 2.10 bits per heavy atom. The van der Waals surface area contributed by atoms with Crippen LogP contribution in [-0.4, -0.2) is 10.2 Å². The molecule has 0 atom stereocenters. The van der Waals surface area contributed by atoms with Gasteiger partial charge in [-0.2, -0.15) is 5.10 Å². The Hall–Kier alpha value is -0.630. The van der Waals surface area contributed by atoms with E-state index in [1.165, 1.54) is 0 Å². The van der Waals surface area contributed by atoms with Gasteiger partial charge in [-0.3, -0.25) is 0 Å². The van der Waals surface area contributed by atoms with Crippen molar-refractivity contribution in [3.63, 3.8) is 0 Å². The Kier molecular flexibility index (Phi) is 4.85. The third kappa shape index (κ3) is 3.41. The highest BCUT2D eigenvalue weighted by Crippen LogP contribution is 1.99. The van der Waals surface area contributed by atoms with E-state index in [-0.39, 0.29) is 0 Å². The Balaban J connectivity index is 0.000000371. The number of aromatic nitrogens is 2. The van der Waals surface area contributed by atoms with Crippen LogP contribution in [0.3, 0.4) is 0 Å². The van der Waals surface area contributed by atoms with Gasteiger partial charge in [-0.05, 0) is 19.1 Å². The molecule has 10 heavy (non-hydrogen) atoms.